The third-order valence-corrected chi connectivity index (χ3v) is 1.37. The van der Waals surface area contributed by atoms with Gasteiger partial charge in [-0.25, -0.2) is 4.79 Å². The molecule has 78 valence electrons. The van der Waals surface area contributed by atoms with Gasteiger partial charge >= 0.3 is 12.1 Å². The van der Waals surface area contributed by atoms with Crippen LogP contribution in [0.1, 0.15) is 0 Å². The molecule has 0 aliphatic heterocycles. The second-order valence-electron chi connectivity index (χ2n) is 2.33. The minimum atomic E-state index is -2.54. The molecule has 1 rings (SSSR count). The van der Waals surface area contributed by atoms with Crippen LogP contribution in [0, 0.1) is 0 Å². The maximum atomic E-state index is 12.3. The van der Waals surface area contributed by atoms with E-state index in [1.807, 2.05) is 0 Å². The quantitative estimate of drug-likeness (QED) is 0.441. The Balaban J connectivity index is 2.81. The zero-order chi connectivity index (χ0) is 11.3. The Morgan fingerprint density at radius 1 is 1.20 bits per heavy atom. The van der Waals surface area contributed by atoms with Crippen molar-refractivity contribution in [2.24, 2.45) is 4.99 Å². The molecule has 0 radical (unpaired) electrons. The summed E-state index contributed by atoms with van der Waals surface area (Å²) in [5.74, 6) is -0.120. The largest absolute Gasteiger partial charge is 0.428 e. The van der Waals surface area contributed by atoms with Gasteiger partial charge in [0.2, 0.25) is 6.08 Å². The Bertz CT molecular complexity index is 417. The maximum Gasteiger partial charge on any atom is 0.344 e. The lowest BCUT2D eigenvalue weighted by atomic mass is 10.3. The molecule has 0 N–H and O–H groups in total. The highest BCUT2D eigenvalue weighted by atomic mass is 19.3. The van der Waals surface area contributed by atoms with E-state index in [0.717, 1.165) is 0 Å². The fraction of sp³-hybridized carbons (Fsp3) is 0. The zero-order valence-corrected chi connectivity index (χ0v) is 7.21. The molecule has 0 aliphatic rings. The third kappa shape index (κ3) is 3.28. The number of ether oxygens (including phenoxy) is 1. The van der Waals surface area contributed by atoms with Crippen LogP contribution in [0.25, 0.3) is 0 Å². The topological polar surface area (TPSA) is 38.7 Å². The molecule has 0 aliphatic carbocycles. The van der Waals surface area contributed by atoms with Crippen molar-refractivity contribution in [1.82, 2.24) is 0 Å². The van der Waals surface area contributed by atoms with E-state index >= 15 is 0 Å². The molecule has 0 saturated heterocycles. The van der Waals surface area contributed by atoms with Crippen LogP contribution in [-0.4, -0.2) is 6.08 Å². The van der Waals surface area contributed by atoms with Crippen LogP contribution in [-0.2, 0) is 4.79 Å². The number of carbonyl (C=O) groups excluding carboxylic acids is 1. The van der Waals surface area contributed by atoms with Crippen molar-refractivity contribution in [2.45, 2.75) is 0 Å². The first kappa shape index (κ1) is 11.0. The predicted octanol–water partition coefficient (Wildman–Crippen LogP) is 3.07. The summed E-state index contributed by atoms with van der Waals surface area (Å²) in [7, 11) is 0. The number of hydrogen-bond acceptors (Lipinski definition) is 3. The van der Waals surface area contributed by atoms with Crippen LogP contribution >= 0.6 is 0 Å². The number of rotatable bonds is 3. The summed E-state index contributed by atoms with van der Waals surface area (Å²) in [6.45, 7) is 0. The predicted molar refractivity (Wildman–Crippen MR) is 45.2 cm³/mol. The van der Waals surface area contributed by atoms with Gasteiger partial charge in [-0.15, -0.1) is 0 Å². The van der Waals surface area contributed by atoms with Crippen LogP contribution in [0.15, 0.2) is 41.4 Å². The summed E-state index contributed by atoms with van der Waals surface area (Å²) < 4.78 is 39.7. The summed E-state index contributed by atoms with van der Waals surface area (Å²) in [4.78, 5) is 13.1. The summed E-state index contributed by atoms with van der Waals surface area (Å²) >= 11 is 0. The Kier molecular flexibility index (Phi) is 3.65. The molecule has 0 bridgehead atoms. The van der Waals surface area contributed by atoms with E-state index in [2.05, 4.69) is 9.73 Å². The van der Waals surface area contributed by atoms with Crippen LogP contribution in [0.3, 0.4) is 0 Å². The van der Waals surface area contributed by atoms with Crippen LogP contribution < -0.4 is 4.74 Å². The number of aliphatic imine (C=N–C) groups is 1. The van der Waals surface area contributed by atoms with Gasteiger partial charge in [-0.05, 0) is 24.3 Å². The molecule has 0 saturated carbocycles. The molecule has 0 spiro atoms. The molecule has 0 heterocycles. The van der Waals surface area contributed by atoms with Gasteiger partial charge in [-0.2, -0.15) is 18.2 Å². The summed E-state index contributed by atoms with van der Waals surface area (Å²) in [6, 6.07) is 3.02. The van der Waals surface area contributed by atoms with E-state index in [1.54, 1.807) is 0 Å². The van der Waals surface area contributed by atoms with Gasteiger partial charge in [0.25, 0.3) is 0 Å². The molecule has 15 heavy (non-hydrogen) atoms. The van der Waals surface area contributed by atoms with Gasteiger partial charge < -0.3 is 4.74 Å². The van der Waals surface area contributed by atoms with Crippen molar-refractivity contribution in [2.75, 3.05) is 0 Å². The number of nitrogens with zero attached hydrogens (tertiary/aromatic N) is 1. The average Bonchev–Trinajstić information content (AvgIpc) is 2.21. The van der Waals surface area contributed by atoms with Crippen molar-refractivity contribution in [3.05, 3.63) is 36.4 Å². The summed E-state index contributed by atoms with van der Waals surface area (Å²) in [5.41, 5.74) is 0.266. The van der Waals surface area contributed by atoms with Crippen LogP contribution in [0.4, 0.5) is 18.9 Å². The van der Waals surface area contributed by atoms with E-state index in [0.29, 0.717) is 0 Å². The minimum absolute atomic E-state index is 0.120. The van der Waals surface area contributed by atoms with E-state index in [9.17, 15) is 18.0 Å². The monoisotopic (exact) mass is 215 g/mol. The Morgan fingerprint density at radius 2 is 1.80 bits per heavy atom. The van der Waals surface area contributed by atoms with Crippen LogP contribution in [0.2, 0.25) is 0 Å². The van der Waals surface area contributed by atoms with Gasteiger partial charge in [0, 0.05) is 0 Å². The Labute approximate surface area is 82.5 Å². The Hall–Kier alpha value is -2.07. The molecular weight excluding hydrogens is 211 g/mol. The number of isocyanates is 1. The second kappa shape index (κ2) is 4.97. The molecule has 0 fully saturated rings. The Morgan fingerprint density at radius 3 is 2.27 bits per heavy atom. The third-order valence-electron chi connectivity index (χ3n) is 1.37. The lowest BCUT2D eigenvalue weighted by Gasteiger charge is -2.00. The highest BCUT2D eigenvalue weighted by molar-refractivity contribution is 5.50. The number of halogens is 3. The van der Waals surface area contributed by atoms with Gasteiger partial charge in [0.15, 0.2) is 0 Å². The van der Waals surface area contributed by atoms with E-state index in [1.165, 1.54) is 30.3 Å². The number of benzene rings is 1. The van der Waals surface area contributed by atoms with Crippen molar-refractivity contribution in [3.63, 3.8) is 0 Å². The van der Waals surface area contributed by atoms with Gasteiger partial charge in [-0.1, -0.05) is 0 Å². The minimum Gasteiger partial charge on any atom is -0.428 e. The number of hydrogen-bond donors (Lipinski definition) is 0. The molecular formula is C9H4F3NO2. The first-order valence-electron chi connectivity index (χ1n) is 3.70. The lowest BCUT2D eigenvalue weighted by Crippen LogP contribution is -1.89. The highest BCUT2D eigenvalue weighted by Crippen LogP contribution is 2.21. The smallest absolute Gasteiger partial charge is 0.344 e. The molecule has 0 unspecified atom stereocenters. The molecule has 3 nitrogen and oxygen atoms in total. The van der Waals surface area contributed by atoms with Crippen molar-refractivity contribution >= 4 is 11.8 Å². The van der Waals surface area contributed by atoms with E-state index < -0.39 is 12.1 Å². The maximum absolute atomic E-state index is 12.3. The summed E-state index contributed by atoms with van der Waals surface area (Å²) in [5, 5.41) is 0. The molecule has 0 aromatic heterocycles. The molecule has 1 aromatic carbocycles. The molecule has 0 amide bonds. The van der Waals surface area contributed by atoms with E-state index in [4.69, 9.17) is 0 Å². The van der Waals surface area contributed by atoms with Crippen molar-refractivity contribution in [1.29, 1.82) is 0 Å². The molecule has 6 heteroatoms. The average molecular weight is 215 g/mol. The van der Waals surface area contributed by atoms with Crippen molar-refractivity contribution in [3.8, 4) is 5.75 Å². The standard InChI is InChI=1S/C9H4F3NO2/c10-8(11)9(12)15-7-3-1-6(2-4-7)13-5-14/h1-4H. The highest BCUT2D eigenvalue weighted by Gasteiger charge is 2.07. The van der Waals surface area contributed by atoms with Crippen molar-refractivity contribution < 1.29 is 22.7 Å². The van der Waals surface area contributed by atoms with Gasteiger partial charge in [0.1, 0.15) is 5.75 Å². The van der Waals surface area contributed by atoms with Gasteiger partial charge in [0.05, 0.1) is 5.69 Å². The second-order valence-corrected chi connectivity index (χ2v) is 2.33. The first-order valence-corrected chi connectivity index (χ1v) is 3.70. The zero-order valence-electron chi connectivity index (χ0n) is 7.21. The fourth-order valence-corrected chi connectivity index (χ4v) is 0.783. The lowest BCUT2D eigenvalue weighted by molar-refractivity contribution is 0.241. The van der Waals surface area contributed by atoms with Gasteiger partial charge in [-0.3, -0.25) is 0 Å². The van der Waals surface area contributed by atoms with E-state index in [-0.39, 0.29) is 11.4 Å². The summed E-state index contributed by atoms with van der Waals surface area (Å²) in [6.07, 6.45) is -1.24. The first-order chi connectivity index (χ1) is 7.13. The van der Waals surface area contributed by atoms with Crippen LogP contribution in [0.5, 0.6) is 5.75 Å². The SMILES string of the molecule is O=C=Nc1ccc(OC(F)=C(F)F)cc1. The molecule has 1 aromatic rings. The molecule has 0 atom stereocenters. The normalized spacial score (nSPS) is 9.00. The fourth-order valence-electron chi connectivity index (χ4n) is 0.783.